The molecule has 0 saturated carbocycles. The van der Waals surface area contributed by atoms with Gasteiger partial charge in [0, 0.05) is 23.9 Å². The Morgan fingerprint density at radius 2 is 1.78 bits per heavy atom. The number of benzene rings is 2. The predicted octanol–water partition coefficient (Wildman–Crippen LogP) is 7.50. The summed E-state index contributed by atoms with van der Waals surface area (Å²) in [4.78, 5) is 15.6. The van der Waals surface area contributed by atoms with Crippen LogP contribution < -0.4 is 4.74 Å². The molecule has 1 saturated heterocycles. The molecule has 3 aromatic rings. The van der Waals surface area contributed by atoms with Crippen molar-refractivity contribution in [1.82, 2.24) is 14.7 Å². The summed E-state index contributed by atoms with van der Waals surface area (Å²) in [6.45, 7) is 5.46. The Labute approximate surface area is 223 Å². The first kappa shape index (κ1) is 26.2. The molecule has 36 heavy (non-hydrogen) atoms. The molecule has 2 aromatic carbocycles. The summed E-state index contributed by atoms with van der Waals surface area (Å²) < 4.78 is 8.20. The maximum absolute atomic E-state index is 13.3. The van der Waals surface area contributed by atoms with Gasteiger partial charge in [0.25, 0.3) is 5.91 Å². The summed E-state index contributed by atoms with van der Waals surface area (Å²) in [5.41, 5.74) is 3.55. The van der Waals surface area contributed by atoms with Gasteiger partial charge in [-0.1, -0.05) is 93.3 Å². The van der Waals surface area contributed by atoms with Gasteiger partial charge in [0.05, 0.1) is 17.2 Å². The van der Waals surface area contributed by atoms with Crippen molar-refractivity contribution < 1.29 is 9.53 Å². The van der Waals surface area contributed by atoms with Gasteiger partial charge in [0.15, 0.2) is 0 Å². The third-order valence-corrected chi connectivity index (χ3v) is 7.45. The third-order valence-electron chi connectivity index (χ3n) is 6.08. The van der Waals surface area contributed by atoms with Gasteiger partial charge in [0.2, 0.25) is 0 Å². The van der Waals surface area contributed by atoms with Crippen molar-refractivity contribution in [2.45, 2.75) is 52.4 Å². The van der Waals surface area contributed by atoms with E-state index in [4.69, 9.17) is 22.1 Å². The van der Waals surface area contributed by atoms with Gasteiger partial charge in [-0.05, 0) is 43.7 Å². The molecule has 1 fully saturated rings. The molecule has 0 atom stereocenters. The van der Waals surface area contributed by atoms with Crippen molar-refractivity contribution in [3.63, 3.8) is 0 Å². The van der Waals surface area contributed by atoms with Crippen LogP contribution in [0.3, 0.4) is 0 Å². The monoisotopic (exact) mass is 519 g/mol. The minimum absolute atomic E-state index is 0.0139. The molecule has 4 rings (SSSR count). The number of hydrogen-bond donors (Lipinski definition) is 0. The Morgan fingerprint density at radius 3 is 2.56 bits per heavy atom. The zero-order chi connectivity index (χ0) is 25.3. The quantitative estimate of drug-likeness (QED) is 0.141. The molecule has 0 bridgehead atoms. The van der Waals surface area contributed by atoms with E-state index in [2.05, 4.69) is 6.92 Å². The number of hydrogen-bond acceptors (Lipinski definition) is 5. The highest BCUT2D eigenvalue weighted by Gasteiger charge is 2.32. The summed E-state index contributed by atoms with van der Waals surface area (Å²) >= 11 is 6.95. The summed E-state index contributed by atoms with van der Waals surface area (Å²) in [6.07, 6.45) is 11.0. The van der Waals surface area contributed by atoms with Crippen LogP contribution in [0.25, 0.3) is 23.0 Å². The molecule has 188 valence electrons. The number of carbonyl (C=O) groups is 1. The number of ether oxygens (including phenoxy) is 1. The van der Waals surface area contributed by atoms with Crippen molar-refractivity contribution in [2.75, 3.05) is 13.2 Å². The average Bonchev–Trinajstić information content (AvgIpc) is 3.43. The fourth-order valence-corrected chi connectivity index (χ4v) is 5.51. The molecular weight excluding hydrogens is 486 g/mol. The van der Waals surface area contributed by atoms with E-state index in [9.17, 15) is 4.79 Å². The molecule has 1 aliphatic heterocycles. The van der Waals surface area contributed by atoms with Crippen LogP contribution in [0.5, 0.6) is 5.75 Å². The summed E-state index contributed by atoms with van der Waals surface area (Å²) in [5.74, 6) is 0.778. The summed E-state index contributed by atoms with van der Waals surface area (Å²) in [5, 5.41) is 4.89. The van der Waals surface area contributed by atoms with Crippen LogP contribution in [0, 0.1) is 0 Å². The number of aromatic nitrogens is 2. The van der Waals surface area contributed by atoms with E-state index in [1.165, 1.54) is 37.4 Å². The van der Waals surface area contributed by atoms with Gasteiger partial charge < -0.3 is 4.74 Å². The second-order valence-electron chi connectivity index (χ2n) is 8.78. The SMILES string of the molecule is CCCCCCCCN1C(=O)/C(=C/c2cn(-c3ccccc3)nc2-c2cccc(OCC)c2)SC1=S. The second kappa shape index (κ2) is 12.9. The molecular formula is C29H33N3O2S2. The Balaban J connectivity index is 1.60. The first-order valence-corrected chi connectivity index (χ1v) is 14.0. The molecule has 0 spiro atoms. The molecule has 5 nitrogen and oxygen atoms in total. The fraction of sp³-hybridized carbons (Fsp3) is 0.345. The number of thioether (sulfide) groups is 1. The Hall–Kier alpha value is -2.90. The summed E-state index contributed by atoms with van der Waals surface area (Å²) in [6, 6.07) is 17.9. The van der Waals surface area contributed by atoms with E-state index < -0.39 is 0 Å². The lowest BCUT2D eigenvalue weighted by Gasteiger charge is -2.14. The van der Waals surface area contributed by atoms with E-state index in [0.29, 0.717) is 22.4 Å². The molecule has 1 aromatic heterocycles. The highest BCUT2D eigenvalue weighted by molar-refractivity contribution is 8.26. The van der Waals surface area contributed by atoms with E-state index in [0.717, 1.165) is 41.1 Å². The highest BCUT2D eigenvalue weighted by Crippen LogP contribution is 2.35. The number of thiocarbonyl (C=S) groups is 1. The molecule has 7 heteroatoms. The van der Waals surface area contributed by atoms with Gasteiger partial charge in [-0.15, -0.1) is 0 Å². The minimum Gasteiger partial charge on any atom is -0.494 e. The average molecular weight is 520 g/mol. The van der Waals surface area contributed by atoms with Gasteiger partial charge >= 0.3 is 0 Å². The van der Waals surface area contributed by atoms with E-state index >= 15 is 0 Å². The first-order chi connectivity index (χ1) is 17.6. The van der Waals surface area contributed by atoms with Crippen LogP contribution in [-0.4, -0.2) is 38.1 Å². The normalized spacial score (nSPS) is 14.7. The zero-order valence-corrected chi connectivity index (χ0v) is 22.6. The van der Waals surface area contributed by atoms with Crippen LogP contribution >= 0.6 is 24.0 Å². The van der Waals surface area contributed by atoms with Crippen LogP contribution in [0.1, 0.15) is 57.9 Å². The number of unbranched alkanes of at least 4 members (excludes halogenated alkanes) is 5. The number of carbonyl (C=O) groups excluding carboxylic acids is 1. The third kappa shape index (κ3) is 6.45. The lowest BCUT2D eigenvalue weighted by molar-refractivity contribution is -0.122. The van der Waals surface area contributed by atoms with E-state index in [1.807, 2.05) is 78.5 Å². The number of amides is 1. The second-order valence-corrected chi connectivity index (χ2v) is 10.5. The number of rotatable bonds is 12. The van der Waals surface area contributed by atoms with Crippen molar-refractivity contribution >= 4 is 40.3 Å². The molecule has 0 N–H and O–H groups in total. The van der Waals surface area contributed by atoms with Crippen LogP contribution in [0.15, 0.2) is 65.7 Å². The molecule has 0 unspecified atom stereocenters. The maximum atomic E-state index is 13.3. The summed E-state index contributed by atoms with van der Waals surface area (Å²) in [7, 11) is 0. The Morgan fingerprint density at radius 1 is 1.00 bits per heavy atom. The standard InChI is InChI=1S/C29H33N3O2S2/c1-3-5-6-7-8-12-18-31-28(33)26(36-29(31)35)20-23-21-32(24-15-10-9-11-16-24)30-27(23)22-14-13-17-25(19-22)34-4-2/h9-11,13-17,19-21H,3-8,12,18H2,1-2H3/b26-20-. The molecule has 0 aliphatic carbocycles. The van der Waals surface area contributed by atoms with E-state index in [-0.39, 0.29) is 5.91 Å². The van der Waals surface area contributed by atoms with Crippen molar-refractivity contribution in [3.8, 4) is 22.7 Å². The molecule has 0 radical (unpaired) electrons. The minimum atomic E-state index is -0.0139. The highest BCUT2D eigenvalue weighted by atomic mass is 32.2. The van der Waals surface area contributed by atoms with Crippen molar-refractivity contribution in [3.05, 3.63) is 71.3 Å². The number of nitrogens with zero attached hydrogens (tertiary/aromatic N) is 3. The lowest BCUT2D eigenvalue weighted by Crippen LogP contribution is -2.29. The fourth-order valence-electron chi connectivity index (χ4n) is 4.21. The molecule has 2 heterocycles. The maximum Gasteiger partial charge on any atom is 0.266 e. The van der Waals surface area contributed by atoms with Crippen molar-refractivity contribution in [1.29, 1.82) is 0 Å². The number of para-hydroxylation sites is 1. The predicted molar refractivity (Wildman–Crippen MR) is 153 cm³/mol. The van der Waals surface area contributed by atoms with Gasteiger partial charge in [-0.25, -0.2) is 4.68 Å². The largest absolute Gasteiger partial charge is 0.494 e. The lowest BCUT2D eigenvalue weighted by atomic mass is 10.1. The van der Waals surface area contributed by atoms with Gasteiger partial charge in [-0.3, -0.25) is 9.69 Å². The molecule has 1 amide bonds. The van der Waals surface area contributed by atoms with Gasteiger partial charge in [0.1, 0.15) is 15.8 Å². The zero-order valence-electron chi connectivity index (χ0n) is 21.0. The Bertz CT molecular complexity index is 1220. The first-order valence-electron chi connectivity index (χ1n) is 12.7. The van der Waals surface area contributed by atoms with Gasteiger partial charge in [-0.2, -0.15) is 5.10 Å². The van der Waals surface area contributed by atoms with Crippen LogP contribution in [-0.2, 0) is 4.79 Å². The van der Waals surface area contributed by atoms with E-state index in [1.54, 1.807) is 4.90 Å². The van der Waals surface area contributed by atoms with Crippen LogP contribution in [0.2, 0.25) is 0 Å². The smallest absolute Gasteiger partial charge is 0.266 e. The topological polar surface area (TPSA) is 47.4 Å². The Kier molecular flexibility index (Phi) is 9.36. The van der Waals surface area contributed by atoms with Crippen molar-refractivity contribution in [2.24, 2.45) is 0 Å². The van der Waals surface area contributed by atoms with Crippen LogP contribution in [0.4, 0.5) is 0 Å². The molecule has 1 aliphatic rings.